The van der Waals surface area contributed by atoms with Crippen molar-refractivity contribution in [2.45, 2.75) is 26.2 Å². The van der Waals surface area contributed by atoms with Gasteiger partial charge in [-0.15, -0.1) is 0 Å². The minimum atomic E-state index is -0.105. The van der Waals surface area contributed by atoms with E-state index in [-0.39, 0.29) is 5.41 Å². The molecule has 0 unspecified atom stereocenters. The van der Waals surface area contributed by atoms with Crippen LogP contribution in [0.5, 0.6) is 0 Å². The number of pyridine rings is 1. The average molecular weight is 412 g/mol. The molecule has 0 atom stereocenters. The van der Waals surface area contributed by atoms with Crippen molar-refractivity contribution in [3.05, 3.63) is 103 Å². The fourth-order valence-corrected chi connectivity index (χ4v) is 5.11. The largest absolute Gasteiger partial charge is 0.251 e. The molecule has 0 fully saturated rings. The molecule has 0 bridgehead atoms. The molecule has 0 spiro atoms. The van der Waals surface area contributed by atoms with Crippen LogP contribution >= 0.6 is 0 Å². The fraction of sp³-hybridized carbons (Fsp3) is 0.129. The number of benzene rings is 4. The maximum absolute atomic E-state index is 5.43. The summed E-state index contributed by atoms with van der Waals surface area (Å²) in [4.78, 5) is 5.43. The first-order valence-electron chi connectivity index (χ1n) is 11.3. The SMILES string of the molecule is CC(C)(C)c1nc(-c2ccccc2)c2c(c1-c1ccccc1)-c1cccc3cccc-2c13. The molecule has 6 rings (SSSR count). The lowest BCUT2D eigenvalue weighted by Gasteiger charge is -2.26. The summed E-state index contributed by atoms with van der Waals surface area (Å²) >= 11 is 0. The van der Waals surface area contributed by atoms with E-state index in [0.29, 0.717) is 0 Å². The van der Waals surface area contributed by atoms with Crippen molar-refractivity contribution in [3.8, 4) is 44.6 Å². The molecule has 0 saturated heterocycles. The molecule has 0 aliphatic heterocycles. The van der Waals surface area contributed by atoms with Gasteiger partial charge in [-0.2, -0.15) is 0 Å². The second-order valence-electron chi connectivity index (χ2n) is 9.63. The first-order valence-corrected chi connectivity index (χ1v) is 11.3. The van der Waals surface area contributed by atoms with Gasteiger partial charge in [-0.1, -0.05) is 118 Å². The van der Waals surface area contributed by atoms with Gasteiger partial charge < -0.3 is 0 Å². The van der Waals surface area contributed by atoms with E-state index >= 15 is 0 Å². The molecule has 32 heavy (non-hydrogen) atoms. The summed E-state index contributed by atoms with van der Waals surface area (Å²) in [6.45, 7) is 6.81. The van der Waals surface area contributed by atoms with Crippen LogP contribution in [0.1, 0.15) is 26.5 Å². The third-order valence-corrected chi connectivity index (χ3v) is 6.46. The predicted molar refractivity (Wildman–Crippen MR) is 136 cm³/mol. The van der Waals surface area contributed by atoms with E-state index < -0.39 is 0 Å². The first kappa shape index (κ1) is 19.0. The molecule has 1 heterocycles. The van der Waals surface area contributed by atoms with Crippen LogP contribution in [-0.2, 0) is 5.41 Å². The van der Waals surface area contributed by atoms with Crippen molar-refractivity contribution in [2.24, 2.45) is 0 Å². The van der Waals surface area contributed by atoms with E-state index in [4.69, 9.17) is 4.98 Å². The van der Waals surface area contributed by atoms with Crippen LogP contribution in [0.3, 0.4) is 0 Å². The van der Waals surface area contributed by atoms with Crippen LogP contribution < -0.4 is 0 Å². The van der Waals surface area contributed by atoms with Crippen LogP contribution in [0.4, 0.5) is 0 Å². The Hall–Kier alpha value is -3.71. The highest BCUT2D eigenvalue weighted by molar-refractivity contribution is 6.20. The molecule has 154 valence electrons. The molecule has 4 aromatic carbocycles. The maximum atomic E-state index is 5.43. The Balaban J connectivity index is 1.85. The zero-order valence-electron chi connectivity index (χ0n) is 18.7. The first-order chi connectivity index (χ1) is 15.5. The van der Waals surface area contributed by atoms with Crippen molar-refractivity contribution >= 4 is 10.8 Å². The lowest BCUT2D eigenvalue weighted by molar-refractivity contribution is 0.572. The van der Waals surface area contributed by atoms with Crippen molar-refractivity contribution in [1.29, 1.82) is 0 Å². The number of nitrogens with zero attached hydrogens (tertiary/aromatic N) is 1. The summed E-state index contributed by atoms with van der Waals surface area (Å²) in [5.41, 5.74) is 11.0. The number of aromatic nitrogens is 1. The summed E-state index contributed by atoms with van der Waals surface area (Å²) in [6, 6.07) is 34.8. The van der Waals surface area contributed by atoms with Crippen LogP contribution in [0.25, 0.3) is 55.4 Å². The van der Waals surface area contributed by atoms with Gasteiger partial charge in [-0.25, -0.2) is 0 Å². The van der Waals surface area contributed by atoms with Gasteiger partial charge in [0.2, 0.25) is 0 Å². The van der Waals surface area contributed by atoms with E-state index in [1.165, 1.54) is 49.7 Å². The lowest BCUT2D eigenvalue weighted by Crippen LogP contribution is -2.17. The Morgan fingerprint density at radius 3 is 1.69 bits per heavy atom. The standard InChI is InChI=1S/C31H25N/c1-31(2,3)30-26(21-12-6-4-7-13-21)27-23-18-10-16-20-17-11-19-24(25(20)23)28(27)29(32-30)22-14-8-5-9-15-22/h4-19H,1-3H3. The number of rotatable bonds is 2. The molecule has 5 aromatic rings. The van der Waals surface area contributed by atoms with Crippen molar-refractivity contribution in [1.82, 2.24) is 4.98 Å². The average Bonchev–Trinajstić information content (AvgIpc) is 3.15. The molecule has 0 amide bonds. The number of hydrogen-bond acceptors (Lipinski definition) is 1. The van der Waals surface area contributed by atoms with E-state index in [9.17, 15) is 0 Å². The summed E-state index contributed by atoms with van der Waals surface area (Å²) < 4.78 is 0. The van der Waals surface area contributed by atoms with Crippen LogP contribution in [-0.4, -0.2) is 4.98 Å². The molecule has 1 heteroatoms. The van der Waals surface area contributed by atoms with Gasteiger partial charge in [-0.05, 0) is 27.5 Å². The highest BCUT2D eigenvalue weighted by Crippen LogP contribution is 2.55. The Morgan fingerprint density at radius 1 is 0.531 bits per heavy atom. The highest BCUT2D eigenvalue weighted by atomic mass is 14.8. The zero-order valence-corrected chi connectivity index (χ0v) is 18.7. The molecule has 1 aliphatic carbocycles. The van der Waals surface area contributed by atoms with E-state index in [1.54, 1.807) is 0 Å². The molecule has 0 N–H and O–H groups in total. The smallest absolute Gasteiger partial charge is 0.0790 e. The second kappa shape index (κ2) is 6.90. The minimum absolute atomic E-state index is 0.105. The Labute approximate surface area is 189 Å². The van der Waals surface area contributed by atoms with E-state index in [1.807, 2.05) is 0 Å². The van der Waals surface area contributed by atoms with Gasteiger partial charge in [0.1, 0.15) is 0 Å². The Morgan fingerprint density at radius 2 is 1.09 bits per heavy atom. The van der Waals surface area contributed by atoms with Crippen LogP contribution in [0.2, 0.25) is 0 Å². The third-order valence-electron chi connectivity index (χ3n) is 6.46. The van der Waals surface area contributed by atoms with E-state index in [0.717, 1.165) is 11.4 Å². The molecule has 0 radical (unpaired) electrons. The topological polar surface area (TPSA) is 12.9 Å². The van der Waals surface area contributed by atoms with Crippen LogP contribution in [0, 0.1) is 0 Å². The van der Waals surface area contributed by atoms with Crippen molar-refractivity contribution in [3.63, 3.8) is 0 Å². The molecule has 1 nitrogen and oxygen atoms in total. The van der Waals surface area contributed by atoms with Crippen molar-refractivity contribution in [2.75, 3.05) is 0 Å². The maximum Gasteiger partial charge on any atom is 0.0790 e. The Kier molecular flexibility index (Phi) is 4.10. The van der Waals surface area contributed by atoms with Gasteiger partial charge in [0, 0.05) is 27.7 Å². The monoisotopic (exact) mass is 411 g/mol. The molecule has 0 saturated carbocycles. The van der Waals surface area contributed by atoms with Gasteiger partial charge in [0.15, 0.2) is 0 Å². The summed E-state index contributed by atoms with van der Waals surface area (Å²) in [5, 5.41) is 2.62. The van der Waals surface area contributed by atoms with Gasteiger partial charge in [0.05, 0.1) is 11.4 Å². The minimum Gasteiger partial charge on any atom is -0.251 e. The number of fused-ring (bicyclic) bond motifs is 3. The quantitative estimate of drug-likeness (QED) is 0.278. The van der Waals surface area contributed by atoms with Gasteiger partial charge in [0.25, 0.3) is 0 Å². The second-order valence-corrected chi connectivity index (χ2v) is 9.63. The lowest BCUT2D eigenvalue weighted by atomic mass is 9.81. The van der Waals surface area contributed by atoms with Gasteiger partial charge in [-0.3, -0.25) is 4.98 Å². The summed E-state index contributed by atoms with van der Waals surface area (Å²) in [7, 11) is 0. The molecule has 1 aromatic heterocycles. The molecular weight excluding hydrogens is 386 g/mol. The molecular formula is C31H25N. The predicted octanol–water partition coefficient (Wildman–Crippen LogP) is 8.51. The number of hydrogen-bond donors (Lipinski definition) is 0. The normalized spacial score (nSPS) is 12.2. The molecule has 1 aliphatic rings. The van der Waals surface area contributed by atoms with Crippen LogP contribution in [0.15, 0.2) is 97.1 Å². The summed E-state index contributed by atoms with van der Waals surface area (Å²) in [5.74, 6) is 0. The zero-order chi connectivity index (χ0) is 21.9. The third kappa shape index (κ3) is 2.74. The highest BCUT2D eigenvalue weighted by Gasteiger charge is 2.33. The summed E-state index contributed by atoms with van der Waals surface area (Å²) in [6.07, 6.45) is 0. The van der Waals surface area contributed by atoms with E-state index in [2.05, 4.69) is 118 Å². The fourth-order valence-electron chi connectivity index (χ4n) is 5.11. The van der Waals surface area contributed by atoms with Gasteiger partial charge >= 0.3 is 0 Å². The Bertz CT molecular complexity index is 1470. The van der Waals surface area contributed by atoms with Crippen molar-refractivity contribution < 1.29 is 0 Å².